The summed E-state index contributed by atoms with van der Waals surface area (Å²) in [4.78, 5) is 20.9. The van der Waals surface area contributed by atoms with Crippen molar-refractivity contribution in [3.8, 4) is 22.8 Å². The molecule has 26 heavy (non-hydrogen) atoms. The Balaban J connectivity index is 1.61. The maximum atomic E-state index is 12.2. The summed E-state index contributed by atoms with van der Waals surface area (Å²) in [7, 11) is 1.93. The molecule has 7 heteroatoms. The van der Waals surface area contributed by atoms with E-state index in [9.17, 15) is 4.79 Å². The van der Waals surface area contributed by atoms with Crippen LogP contribution in [-0.4, -0.2) is 19.7 Å². The van der Waals surface area contributed by atoms with Gasteiger partial charge in [-0.2, -0.15) is 4.98 Å². The molecule has 0 aliphatic carbocycles. The van der Waals surface area contributed by atoms with Gasteiger partial charge >= 0.3 is 5.63 Å². The van der Waals surface area contributed by atoms with Gasteiger partial charge in [0.15, 0.2) is 0 Å². The van der Waals surface area contributed by atoms with Gasteiger partial charge in [-0.25, -0.2) is 9.78 Å². The Kier molecular flexibility index (Phi) is 3.02. The summed E-state index contributed by atoms with van der Waals surface area (Å²) in [5, 5.41) is 4.79. The van der Waals surface area contributed by atoms with Crippen LogP contribution < -0.4 is 5.63 Å². The van der Waals surface area contributed by atoms with Gasteiger partial charge in [0.1, 0.15) is 11.1 Å². The molecule has 0 saturated carbocycles. The summed E-state index contributed by atoms with van der Waals surface area (Å²) in [5.41, 5.74) is 2.84. The molecule has 7 nitrogen and oxygen atoms in total. The predicted octanol–water partition coefficient (Wildman–Crippen LogP) is 3.40. The predicted molar refractivity (Wildman–Crippen MR) is 95.5 cm³/mol. The van der Waals surface area contributed by atoms with E-state index in [2.05, 4.69) is 15.1 Å². The Labute approximate surface area is 146 Å². The van der Waals surface area contributed by atoms with Crippen LogP contribution >= 0.6 is 0 Å². The molecule has 126 valence electrons. The van der Waals surface area contributed by atoms with Crippen molar-refractivity contribution in [2.45, 2.75) is 0 Å². The highest BCUT2D eigenvalue weighted by Gasteiger charge is 2.16. The summed E-state index contributed by atoms with van der Waals surface area (Å²) in [5.74, 6) is 0.515. The van der Waals surface area contributed by atoms with Crippen molar-refractivity contribution in [2.24, 2.45) is 7.05 Å². The third kappa shape index (κ3) is 2.21. The van der Waals surface area contributed by atoms with Gasteiger partial charge in [-0.3, -0.25) is 0 Å². The summed E-state index contributed by atoms with van der Waals surface area (Å²) < 4.78 is 12.6. The molecule has 0 atom stereocenters. The van der Waals surface area contributed by atoms with E-state index in [0.717, 1.165) is 22.0 Å². The quantitative estimate of drug-likeness (QED) is 0.456. The fourth-order valence-electron chi connectivity index (χ4n) is 2.94. The molecule has 5 aromatic rings. The number of nitrogens with zero attached hydrogens (tertiary/aromatic N) is 4. The lowest BCUT2D eigenvalue weighted by atomic mass is 10.2. The third-order valence-electron chi connectivity index (χ3n) is 4.28. The molecule has 0 aliphatic heterocycles. The fraction of sp³-hybridized carbons (Fsp3) is 0.0526. The van der Waals surface area contributed by atoms with E-state index in [1.165, 1.54) is 0 Å². The zero-order valence-electron chi connectivity index (χ0n) is 13.7. The van der Waals surface area contributed by atoms with Crippen molar-refractivity contribution >= 4 is 22.0 Å². The second kappa shape index (κ2) is 5.38. The van der Waals surface area contributed by atoms with Crippen LogP contribution in [-0.2, 0) is 7.05 Å². The number of rotatable bonds is 2. The molecule has 0 bridgehead atoms. The minimum atomic E-state index is -0.515. The number of para-hydroxylation sites is 1. The Morgan fingerprint density at radius 3 is 2.88 bits per heavy atom. The molecule has 3 aromatic heterocycles. The lowest BCUT2D eigenvalue weighted by molar-refractivity contribution is 0.429. The van der Waals surface area contributed by atoms with Gasteiger partial charge < -0.3 is 13.5 Å². The first-order valence-corrected chi connectivity index (χ1v) is 7.97. The normalized spacial score (nSPS) is 11.4. The number of aryl methyl sites for hydroxylation is 1. The van der Waals surface area contributed by atoms with Crippen molar-refractivity contribution in [2.75, 3.05) is 0 Å². The molecular weight excluding hydrogens is 332 g/mol. The molecule has 3 heterocycles. The highest BCUT2D eigenvalue weighted by molar-refractivity contribution is 5.82. The van der Waals surface area contributed by atoms with Crippen LogP contribution in [0.1, 0.15) is 0 Å². The first kappa shape index (κ1) is 14.6. The average molecular weight is 344 g/mol. The highest BCUT2D eigenvalue weighted by Crippen LogP contribution is 2.25. The van der Waals surface area contributed by atoms with Gasteiger partial charge in [0, 0.05) is 18.0 Å². The second-order valence-corrected chi connectivity index (χ2v) is 5.97. The number of benzene rings is 2. The Hall–Kier alpha value is -3.74. The van der Waals surface area contributed by atoms with E-state index in [1.807, 2.05) is 48.0 Å². The average Bonchev–Trinajstić information content (AvgIpc) is 3.28. The summed E-state index contributed by atoms with van der Waals surface area (Å²) in [6.07, 6.45) is 1.75. The lowest BCUT2D eigenvalue weighted by Gasteiger charge is -1.97. The molecule has 0 amide bonds. The second-order valence-electron chi connectivity index (χ2n) is 5.97. The van der Waals surface area contributed by atoms with E-state index in [0.29, 0.717) is 11.4 Å². The largest absolute Gasteiger partial charge is 0.422 e. The van der Waals surface area contributed by atoms with Crippen molar-refractivity contribution in [1.82, 2.24) is 19.7 Å². The van der Waals surface area contributed by atoms with Crippen molar-refractivity contribution < 1.29 is 8.94 Å². The van der Waals surface area contributed by atoms with Gasteiger partial charge in [0.25, 0.3) is 5.89 Å². The zero-order chi connectivity index (χ0) is 17.7. The third-order valence-corrected chi connectivity index (χ3v) is 4.28. The molecule has 0 saturated heterocycles. The molecule has 0 fully saturated rings. The van der Waals surface area contributed by atoms with Gasteiger partial charge in [0.05, 0.1) is 17.4 Å². The van der Waals surface area contributed by atoms with Gasteiger partial charge in [-0.15, -0.1) is 0 Å². The van der Waals surface area contributed by atoms with E-state index >= 15 is 0 Å². The standard InChI is InChI=1S/C19H12N4O3/c1-23-10-20-14-9-12(6-7-15(14)23)17-21-18(26-22-17)13-8-11-4-2-3-5-16(11)25-19(13)24/h2-10H,1H3. The van der Waals surface area contributed by atoms with E-state index < -0.39 is 5.63 Å². The zero-order valence-corrected chi connectivity index (χ0v) is 13.7. The first-order chi connectivity index (χ1) is 12.7. The molecule has 5 rings (SSSR count). The van der Waals surface area contributed by atoms with Crippen LogP contribution in [0.4, 0.5) is 0 Å². The molecule has 0 radical (unpaired) electrons. The van der Waals surface area contributed by atoms with Crippen LogP contribution in [0.25, 0.3) is 44.8 Å². The molecule has 0 aliphatic rings. The van der Waals surface area contributed by atoms with Crippen LogP contribution in [0.5, 0.6) is 0 Å². The topological polar surface area (TPSA) is 87.0 Å². The number of hydrogen-bond donors (Lipinski definition) is 0. The van der Waals surface area contributed by atoms with E-state index in [1.54, 1.807) is 18.5 Å². The van der Waals surface area contributed by atoms with Crippen molar-refractivity contribution in [1.29, 1.82) is 0 Å². The number of hydrogen-bond acceptors (Lipinski definition) is 6. The van der Waals surface area contributed by atoms with Crippen LogP contribution in [0.2, 0.25) is 0 Å². The van der Waals surface area contributed by atoms with Crippen molar-refractivity contribution in [3.05, 3.63) is 65.3 Å². The number of imidazole rings is 1. The SMILES string of the molecule is Cn1cnc2cc(-c3noc(-c4cc5ccccc5oc4=O)n3)ccc21. The van der Waals surface area contributed by atoms with Gasteiger partial charge in [0.2, 0.25) is 5.82 Å². The van der Waals surface area contributed by atoms with Crippen LogP contribution in [0.3, 0.4) is 0 Å². The van der Waals surface area contributed by atoms with E-state index in [4.69, 9.17) is 8.94 Å². The Bertz CT molecular complexity index is 1330. The molecular formula is C19H12N4O3. The van der Waals surface area contributed by atoms with Crippen LogP contribution in [0, 0.1) is 0 Å². The minimum absolute atomic E-state index is 0.126. The number of aromatic nitrogens is 4. The summed E-state index contributed by atoms with van der Waals surface area (Å²) >= 11 is 0. The van der Waals surface area contributed by atoms with Gasteiger partial charge in [-0.05, 0) is 30.3 Å². The van der Waals surface area contributed by atoms with Crippen LogP contribution in [0.15, 0.2) is 68.6 Å². The van der Waals surface area contributed by atoms with Crippen molar-refractivity contribution in [3.63, 3.8) is 0 Å². The van der Waals surface area contributed by atoms with E-state index in [-0.39, 0.29) is 11.5 Å². The maximum absolute atomic E-state index is 12.2. The lowest BCUT2D eigenvalue weighted by Crippen LogP contribution is -2.02. The van der Waals surface area contributed by atoms with Gasteiger partial charge in [-0.1, -0.05) is 23.4 Å². The molecule has 0 unspecified atom stereocenters. The minimum Gasteiger partial charge on any atom is -0.422 e. The summed E-state index contributed by atoms with van der Waals surface area (Å²) in [6, 6.07) is 14.7. The molecule has 2 aromatic carbocycles. The molecule has 0 N–H and O–H groups in total. The fourth-order valence-corrected chi connectivity index (χ4v) is 2.94. The summed E-state index contributed by atoms with van der Waals surface area (Å²) in [6.45, 7) is 0. The maximum Gasteiger partial charge on any atom is 0.349 e. The Morgan fingerprint density at radius 1 is 1.08 bits per heavy atom. The first-order valence-electron chi connectivity index (χ1n) is 7.97. The number of fused-ring (bicyclic) bond motifs is 2. The smallest absolute Gasteiger partial charge is 0.349 e. The molecule has 0 spiro atoms. The Morgan fingerprint density at radius 2 is 1.96 bits per heavy atom. The highest BCUT2D eigenvalue weighted by atomic mass is 16.5. The monoisotopic (exact) mass is 344 g/mol.